The van der Waals surface area contributed by atoms with Crippen LogP contribution >= 0.6 is 11.8 Å². The van der Waals surface area contributed by atoms with E-state index in [4.69, 9.17) is 14.2 Å². The Bertz CT molecular complexity index is 637. The molecule has 2 bridgehead atoms. The average Bonchev–Trinajstić information content (AvgIpc) is 2.53. The molecule has 1 aromatic carbocycles. The number of hydrogen-bond acceptors (Lipinski definition) is 7. The predicted octanol–water partition coefficient (Wildman–Crippen LogP) is 2.56. The molecule has 0 N–H and O–H groups in total. The number of esters is 1. The molecule has 0 radical (unpaired) electrons. The lowest BCUT2D eigenvalue weighted by molar-refractivity contribution is -0.385. The van der Waals surface area contributed by atoms with Gasteiger partial charge in [-0.1, -0.05) is 0 Å². The second kappa shape index (κ2) is 5.92. The van der Waals surface area contributed by atoms with Crippen LogP contribution < -0.4 is 9.47 Å². The van der Waals surface area contributed by atoms with Crippen LogP contribution in [0.4, 0.5) is 5.69 Å². The third-order valence-electron chi connectivity index (χ3n) is 4.35. The Hall–Kier alpha value is -1.96. The third-order valence-corrected chi connectivity index (χ3v) is 6.11. The number of rotatable bonds is 5. The van der Waals surface area contributed by atoms with E-state index in [2.05, 4.69) is 0 Å². The van der Waals surface area contributed by atoms with Crippen molar-refractivity contribution in [3.05, 3.63) is 28.3 Å². The summed E-state index contributed by atoms with van der Waals surface area (Å²) in [6, 6.07) is 4.49. The molecule has 0 spiro atoms. The van der Waals surface area contributed by atoms with Gasteiger partial charge in [-0.25, -0.2) is 0 Å². The van der Waals surface area contributed by atoms with Gasteiger partial charge in [-0.3, -0.25) is 14.9 Å². The molecule has 1 aromatic rings. The maximum absolute atomic E-state index is 11.8. The van der Waals surface area contributed by atoms with Crippen LogP contribution in [0.1, 0.15) is 19.3 Å². The normalized spacial score (nSPS) is 28.4. The van der Waals surface area contributed by atoms with Gasteiger partial charge in [0.15, 0.2) is 0 Å². The highest BCUT2D eigenvalue weighted by Gasteiger charge is 2.58. The number of hydrogen-bond donors (Lipinski definition) is 0. The summed E-state index contributed by atoms with van der Waals surface area (Å²) in [5, 5.41) is 11.1. The highest BCUT2D eigenvalue weighted by molar-refractivity contribution is 8.03. The molecular formula is C15H17NO6S. The van der Waals surface area contributed by atoms with E-state index in [-0.39, 0.29) is 28.8 Å². The van der Waals surface area contributed by atoms with E-state index >= 15 is 0 Å². The van der Waals surface area contributed by atoms with E-state index < -0.39 is 9.67 Å². The first-order valence-corrected chi connectivity index (χ1v) is 8.12. The number of carbonyl (C=O) groups is 1. The number of thioether (sulfide) groups is 1. The summed E-state index contributed by atoms with van der Waals surface area (Å²) < 4.78 is 15.5. The number of nitrogens with zero attached hydrogens (tertiary/aromatic N) is 1. The Morgan fingerprint density at radius 2 is 2.17 bits per heavy atom. The molecule has 7 nitrogen and oxygen atoms in total. The number of nitro benzene ring substituents is 1. The molecule has 1 aliphatic carbocycles. The van der Waals surface area contributed by atoms with Gasteiger partial charge in [0, 0.05) is 17.4 Å². The quantitative estimate of drug-likeness (QED) is 0.463. The van der Waals surface area contributed by atoms with Crippen molar-refractivity contribution < 1.29 is 23.9 Å². The smallest absolute Gasteiger partial charge is 0.321 e. The Morgan fingerprint density at radius 3 is 2.70 bits per heavy atom. The molecule has 2 aliphatic heterocycles. The fourth-order valence-electron chi connectivity index (χ4n) is 3.15. The molecule has 0 aromatic heterocycles. The van der Waals surface area contributed by atoms with E-state index in [1.54, 1.807) is 17.8 Å². The highest BCUT2D eigenvalue weighted by Crippen LogP contribution is 2.57. The van der Waals surface area contributed by atoms with Crippen LogP contribution in [0.25, 0.3) is 0 Å². The summed E-state index contributed by atoms with van der Waals surface area (Å²) in [5.74, 6) is 0.554. The summed E-state index contributed by atoms with van der Waals surface area (Å²) in [6.07, 6.45) is 2.21. The predicted molar refractivity (Wildman–Crippen MR) is 84.0 cm³/mol. The Morgan fingerprint density at radius 1 is 1.43 bits per heavy atom. The monoisotopic (exact) mass is 339 g/mol. The molecule has 124 valence electrons. The van der Waals surface area contributed by atoms with Crippen molar-refractivity contribution in [1.82, 2.24) is 0 Å². The standard InChI is InChI=1S/C15H17NO6S/c1-20-12-7-9(3-4-10(12)16(18)19)22-11-5-6-15(14(17)21-2)8-13(11)23-15/h3-4,7,11,13H,5-6,8H2,1-2H3. The number of nitro groups is 1. The van der Waals surface area contributed by atoms with Gasteiger partial charge in [0.2, 0.25) is 5.75 Å². The maximum Gasteiger partial charge on any atom is 0.321 e. The van der Waals surface area contributed by atoms with Gasteiger partial charge in [0.25, 0.3) is 0 Å². The molecule has 1 saturated carbocycles. The zero-order valence-electron chi connectivity index (χ0n) is 12.8. The second-order valence-corrected chi connectivity index (χ2v) is 7.25. The molecule has 0 amide bonds. The van der Waals surface area contributed by atoms with Crippen molar-refractivity contribution in [3.63, 3.8) is 0 Å². The fraction of sp³-hybridized carbons (Fsp3) is 0.533. The van der Waals surface area contributed by atoms with Gasteiger partial charge in [-0.15, -0.1) is 11.8 Å². The zero-order valence-corrected chi connectivity index (χ0v) is 13.6. The van der Waals surface area contributed by atoms with Crippen molar-refractivity contribution in [1.29, 1.82) is 0 Å². The lowest BCUT2D eigenvalue weighted by Gasteiger charge is -2.52. The highest BCUT2D eigenvalue weighted by atomic mass is 32.2. The van der Waals surface area contributed by atoms with E-state index in [9.17, 15) is 14.9 Å². The summed E-state index contributed by atoms with van der Waals surface area (Å²) in [6.45, 7) is 0. The topological polar surface area (TPSA) is 87.9 Å². The first kappa shape index (κ1) is 15.9. The lowest BCUT2D eigenvalue weighted by atomic mass is 9.84. The van der Waals surface area contributed by atoms with Gasteiger partial charge >= 0.3 is 11.7 Å². The van der Waals surface area contributed by atoms with Crippen LogP contribution in [0, 0.1) is 10.1 Å². The number of methoxy groups -OCH3 is 2. The van der Waals surface area contributed by atoms with Crippen molar-refractivity contribution in [2.45, 2.75) is 35.4 Å². The summed E-state index contributed by atoms with van der Waals surface area (Å²) in [5.41, 5.74) is -0.0915. The number of ether oxygens (including phenoxy) is 3. The summed E-state index contributed by atoms with van der Waals surface area (Å²) >= 11 is 1.60. The number of carbonyl (C=O) groups excluding carboxylic acids is 1. The number of fused-ring (bicyclic) bond motifs is 2. The molecule has 3 unspecified atom stereocenters. The minimum Gasteiger partial charge on any atom is -0.490 e. The zero-order chi connectivity index (χ0) is 16.6. The van der Waals surface area contributed by atoms with Gasteiger partial charge in [0.05, 0.1) is 19.1 Å². The van der Waals surface area contributed by atoms with Gasteiger partial charge in [0.1, 0.15) is 16.6 Å². The molecule has 23 heavy (non-hydrogen) atoms. The van der Waals surface area contributed by atoms with Crippen LogP contribution in [0.5, 0.6) is 11.5 Å². The largest absolute Gasteiger partial charge is 0.490 e. The lowest BCUT2D eigenvalue weighted by Crippen LogP contribution is -2.58. The molecule has 3 aliphatic rings. The molecule has 4 rings (SSSR count). The molecule has 3 fully saturated rings. The maximum atomic E-state index is 11.8. The average molecular weight is 339 g/mol. The molecule has 8 heteroatoms. The fourth-order valence-corrected chi connectivity index (χ4v) is 4.83. The Balaban J connectivity index is 1.68. The van der Waals surface area contributed by atoms with Crippen LogP contribution in [0.15, 0.2) is 18.2 Å². The van der Waals surface area contributed by atoms with Crippen LogP contribution in [0.2, 0.25) is 0 Å². The van der Waals surface area contributed by atoms with Crippen molar-refractivity contribution in [2.24, 2.45) is 0 Å². The van der Waals surface area contributed by atoms with Gasteiger partial charge < -0.3 is 14.2 Å². The molecular weight excluding hydrogens is 322 g/mol. The van der Waals surface area contributed by atoms with Gasteiger partial charge in [-0.2, -0.15) is 0 Å². The van der Waals surface area contributed by atoms with E-state index in [1.165, 1.54) is 26.4 Å². The van der Waals surface area contributed by atoms with Crippen molar-refractivity contribution in [2.75, 3.05) is 14.2 Å². The summed E-state index contributed by atoms with van der Waals surface area (Å²) in [7, 11) is 2.80. The second-order valence-electron chi connectivity index (χ2n) is 5.63. The third kappa shape index (κ3) is 2.71. The van der Waals surface area contributed by atoms with Gasteiger partial charge in [-0.05, 0) is 25.3 Å². The first-order valence-electron chi connectivity index (χ1n) is 7.24. The minimum absolute atomic E-state index is 0.0160. The van der Waals surface area contributed by atoms with E-state index in [0.717, 1.165) is 19.3 Å². The van der Waals surface area contributed by atoms with E-state index in [1.807, 2.05) is 0 Å². The SMILES string of the molecule is COC(=O)C12CCC(Oc3ccc([N+](=O)[O-])c(OC)c3)C(C1)S2. The summed E-state index contributed by atoms with van der Waals surface area (Å²) in [4.78, 5) is 22.2. The Labute approximate surface area is 137 Å². The minimum atomic E-state index is -0.490. The van der Waals surface area contributed by atoms with Crippen molar-refractivity contribution >= 4 is 23.4 Å². The van der Waals surface area contributed by atoms with Crippen LogP contribution in [-0.2, 0) is 9.53 Å². The van der Waals surface area contributed by atoms with Crippen LogP contribution in [-0.4, -0.2) is 41.2 Å². The Kier molecular flexibility index (Phi) is 4.09. The van der Waals surface area contributed by atoms with Crippen molar-refractivity contribution in [3.8, 4) is 11.5 Å². The van der Waals surface area contributed by atoms with E-state index in [0.29, 0.717) is 5.75 Å². The molecule has 2 saturated heterocycles. The van der Waals surface area contributed by atoms with Crippen LogP contribution in [0.3, 0.4) is 0 Å². The number of benzene rings is 1. The molecule has 2 heterocycles. The molecule has 3 atom stereocenters. The first-order chi connectivity index (χ1) is 11.0.